The van der Waals surface area contributed by atoms with Crippen molar-refractivity contribution in [3.8, 4) is 5.75 Å². The van der Waals surface area contributed by atoms with Crippen LogP contribution in [0.1, 0.15) is 25.3 Å². The van der Waals surface area contributed by atoms with E-state index >= 15 is 0 Å². The molecule has 0 spiro atoms. The van der Waals surface area contributed by atoms with Gasteiger partial charge in [-0.3, -0.25) is 0 Å². The van der Waals surface area contributed by atoms with Crippen molar-refractivity contribution in [2.45, 2.75) is 25.7 Å². The third-order valence-corrected chi connectivity index (χ3v) is 4.34. The van der Waals surface area contributed by atoms with E-state index in [1.165, 1.54) is 19.2 Å². The smallest absolute Gasteiger partial charge is 0.279 e. The summed E-state index contributed by atoms with van der Waals surface area (Å²) in [6.45, 7) is 1.95. The second kappa shape index (κ2) is 2.58. The van der Waals surface area contributed by atoms with Gasteiger partial charge in [-0.2, -0.15) is 0 Å². The Morgan fingerprint density at radius 3 is 2.06 bits per heavy atom. The molecule has 86 valence electrons. The van der Waals surface area contributed by atoms with Crippen molar-refractivity contribution >= 4 is 0 Å². The fourth-order valence-electron chi connectivity index (χ4n) is 2.87. The molecule has 0 aliphatic heterocycles. The average molecular weight is 224 g/mol. The van der Waals surface area contributed by atoms with Gasteiger partial charge in [0.15, 0.2) is 0 Å². The van der Waals surface area contributed by atoms with Gasteiger partial charge in [-0.25, -0.2) is 8.78 Å². The maximum Gasteiger partial charge on any atom is 0.279 e. The Labute approximate surface area is 93.4 Å². The van der Waals surface area contributed by atoms with E-state index in [4.69, 9.17) is 4.74 Å². The molecule has 2 aliphatic rings. The monoisotopic (exact) mass is 224 g/mol. The zero-order chi connectivity index (χ0) is 11.6. The van der Waals surface area contributed by atoms with E-state index in [-0.39, 0.29) is 11.0 Å². The lowest BCUT2D eigenvalue weighted by atomic mass is 9.98. The molecule has 2 fully saturated rings. The standard InChI is InChI=1S/C13H14F2O/c1-11-7-12(11,8-11)13(14,15)9-3-5-10(16-2)6-4-9/h3-6H,7-8H2,1-2H3. The molecule has 0 atom stereocenters. The summed E-state index contributed by atoms with van der Waals surface area (Å²) in [4.78, 5) is 0. The molecule has 3 heteroatoms. The lowest BCUT2D eigenvalue weighted by molar-refractivity contribution is -0.0555. The molecule has 0 radical (unpaired) electrons. The van der Waals surface area contributed by atoms with E-state index in [9.17, 15) is 8.78 Å². The summed E-state index contributed by atoms with van der Waals surface area (Å²) in [5, 5.41) is 0. The van der Waals surface area contributed by atoms with Crippen LogP contribution < -0.4 is 4.74 Å². The Hall–Kier alpha value is -1.12. The molecule has 0 N–H and O–H groups in total. The highest BCUT2D eigenvalue weighted by atomic mass is 19.3. The van der Waals surface area contributed by atoms with Crippen molar-refractivity contribution in [1.29, 1.82) is 0 Å². The first-order valence-corrected chi connectivity index (χ1v) is 5.48. The van der Waals surface area contributed by atoms with Crippen LogP contribution in [0.25, 0.3) is 0 Å². The molecule has 1 nitrogen and oxygen atoms in total. The van der Waals surface area contributed by atoms with Gasteiger partial charge in [0, 0.05) is 11.0 Å². The number of rotatable bonds is 3. The van der Waals surface area contributed by atoms with Gasteiger partial charge in [0.25, 0.3) is 5.92 Å². The number of ether oxygens (including phenoxy) is 1. The number of halogens is 2. The first-order valence-electron chi connectivity index (χ1n) is 5.48. The van der Waals surface area contributed by atoms with Crippen molar-refractivity contribution in [2.75, 3.05) is 7.11 Å². The van der Waals surface area contributed by atoms with Crippen molar-refractivity contribution in [1.82, 2.24) is 0 Å². The number of benzene rings is 1. The van der Waals surface area contributed by atoms with Crippen LogP contribution in [0, 0.1) is 10.8 Å². The molecule has 0 bridgehead atoms. The van der Waals surface area contributed by atoms with Crippen molar-refractivity contribution in [3.63, 3.8) is 0 Å². The fourth-order valence-corrected chi connectivity index (χ4v) is 2.87. The zero-order valence-corrected chi connectivity index (χ0v) is 9.39. The molecule has 1 aromatic rings. The fraction of sp³-hybridized carbons (Fsp3) is 0.538. The second-order valence-electron chi connectivity index (χ2n) is 5.30. The molecule has 0 heterocycles. The van der Waals surface area contributed by atoms with Gasteiger partial charge in [-0.05, 0) is 42.5 Å². The summed E-state index contributed by atoms with van der Waals surface area (Å²) in [6.07, 6.45) is 1.33. The van der Waals surface area contributed by atoms with Gasteiger partial charge >= 0.3 is 0 Å². The minimum absolute atomic E-state index is 0.0869. The summed E-state index contributed by atoms with van der Waals surface area (Å²) >= 11 is 0. The predicted molar refractivity (Wildman–Crippen MR) is 56.7 cm³/mol. The first-order chi connectivity index (χ1) is 7.45. The van der Waals surface area contributed by atoms with Gasteiger partial charge in [0.1, 0.15) is 5.75 Å². The van der Waals surface area contributed by atoms with E-state index in [0.29, 0.717) is 18.6 Å². The first kappa shape index (κ1) is 10.1. The summed E-state index contributed by atoms with van der Waals surface area (Å²) in [7, 11) is 1.53. The molecule has 1 aromatic carbocycles. The summed E-state index contributed by atoms with van der Waals surface area (Å²) in [5.41, 5.74) is -0.695. The average Bonchev–Trinajstić information content (AvgIpc) is 3.04. The van der Waals surface area contributed by atoms with E-state index in [0.717, 1.165) is 0 Å². The van der Waals surface area contributed by atoms with Crippen molar-refractivity contribution in [2.24, 2.45) is 10.8 Å². The maximum absolute atomic E-state index is 14.2. The number of alkyl halides is 2. The minimum Gasteiger partial charge on any atom is -0.497 e. The molecule has 0 amide bonds. The van der Waals surface area contributed by atoms with Crippen LogP contribution in [-0.2, 0) is 5.92 Å². The Kier molecular flexibility index (Phi) is 1.62. The normalized spacial score (nSPS) is 35.5. The largest absolute Gasteiger partial charge is 0.497 e. The lowest BCUT2D eigenvalue weighted by Crippen LogP contribution is -2.21. The van der Waals surface area contributed by atoms with Crippen LogP contribution in [0.3, 0.4) is 0 Å². The number of hydrogen-bond donors (Lipinski definition) is 0. The topological polar surface area (TPSA) is 9.23 Å². The highest BCUT2D eigenvalue weighted by molar-refractivity contribution is 5.40. The quantitative estimate of drug-likeness (QED) is 0.762. The van der Waals surface area contributed by atoms with Crippen LogP contribution in [0.15, 0.2) is 24.3 Å². The molecular formula is C13H14F2O. The molecule has 16 heavy (non-hydrogen) atoms. The van der Waals surface area contributed by atoms with E-state index in [2.05, 4.69) is 0 Å². The van der Waals surface area contributed by atoms with Crippen LogP contribution in [0.2, 0.25) is 0 Å². The summed E-state index contributed by atoms with van der Waals surface area (Å²) in [5.74, 6) is -2.07. The molecular weight excluding hydrogens is 210 g/mol. The molecule has 3 rings (SSSR count). The van der Waals surface area contributed by atoms with Crippen LogP contribution in [-0.4, -0.2) is 7.11 Å². The maximum atomic E-state index is 14.2. The van der Waals surface area contributed by atoms with Gasteiger partial charge in [-0.15, -0.1) is 0 Å². The van der Waals surface area contributed by atoms with Gasteiger partial charge in [-0.1, -0.05) is 6.92 Å². The predicted octanol–water partition coefficient (Wildman–Crippen LogP) is 3.59. The van der Waals surface area contributed by atoms with Crippen molar-refractivity contribution < 1.29 is 13.5 Å². The molecule has 0 saturated heterocycles. The molecule has 0 unspecified atom stereocenters. The molecule has 0 aromatic heterocycles. The van der Waals surface area contributed by atoms with E-state index in [1.807, 2.05) is 6.92 Å². The van der Waals surface area contributed by atoms with Gasteiger partial charge in [0.2, 0.25) is 0 Å². The molecule has 2 aliphatic carbocycles. The van der Waals surface area contributed by atoms with Gasteiger partial charge < -0.3 is 4.74 Å². The SMILES string of the molecule is COc1ccc(C(F)(F)C23CC2(C)C3)cc1. The number of methoxy groups -OCH3 is 1. The molecule has 2 saturated carbocycles. The van der Waals surface area contributed by atoms with Crippen molar-refractivity contribution in [3.05, 3.63) is 29.8 Å². The highest BCUT2D eigenvalue weighted by Crippen LogP contribution is 2.92. The second-order valence-corrected chi connectivity index (χ2v) is 5.30. The third-order valence-electron chi connectivity index (χ3n) is 4.34. The van der Waals surface area contributed by atoms with Crippen LogP contribution in [0.5, 0.6) is 5.75 Å². The highest BCUT2D eigenvalue weighted by Gasteiger charge is 2.89. The Morgan fingerprint density at radius 1 is 1.19 bits per heavy atom. The van der Waals surface area contributed by atoms with Gasteiger partial charge in [0.05, 0.1) is 7.11 Å². The third kappa shape index (κ3) is 0.989. The van der Waals surface area contributed by atoms with Crippen LogP contribution in [0.4, 0.5) is 8.78 Å². The Morgan fingerprint density at radius 2 is 1.69 bits per heavy atom. The summed E-state index contributed by atoms with van der Waals surface area (Å²) in [6, 6.07) is 6.15. The Bertz CT molecular complexity index is 430. The van der Waals surface area contributed by atoms with E-state index in [1.54, 1.807) is 12.1 Å². The summed E-state index contributed by atoms with van der Waals surface area (Å²) < 4.78 is 33.4. The lowest BCUT2D eigenvalue weighted by Gasteiger charge is -2.20. The number of fused-ring (bicyclic) bond motifs is 1. The zero-order valence-electron chi connectivity index (χ0n) is 9.39. The van der Waals surface area contributed by atoms with E-state index < -0.39 is 11.3 Å². The van der Waals surface area contributed by atoms with Crippen LogP contribution >= 0.6 is 0 Å². The Balaban J connectivity index is 1.91. The number of hydrogen-bond acceptors (Lipinski definition) is 1. The minimum atomic E-state index is -2.69.